The number of methoxy groups -OCH3 is 1. The van der Waals surface area contributed by atoms with Gasteiger partial charge in [0.15, 0.2) is 0 Å². The van der Waals surface area contributed by atoms with E-state index in [1.54, 1.807) is 7.11 Å². The third-order valence-corrected chi connectivity index (χ3v) is 3.32. The fourth-order valence-corrected chi connectivity index (χ4v) is 2.42. The number of likely N-dealkylation sites (tertiary alicyclic amines) is 1. The van der Waals surface area contributed by atoms with E-state index in [0.717, 1.165) is 18.8 Å². The Morgan fingerprint density at radius 3 is 2.71 bits per heavy atom. The van der Waals surface area contributed by atoms with Crippen LogP contribution in [-0.4, -0.2) is 32.1 Å². The van der Waals surface area contributed by atoms with Gasteiger partial charge in [0.2, 0.25) is 0 Å². The van der Waals surface area contributed by atoms with E-state index in [4.69, 9.17) is 4.74 Å². The first-order chi connectivity index (χ1) is 8.33. The zero-order valence-electron chi connectivity index (χ0n) is 10.8. The first-order valence-corrected chi connectivity index (χ1v) is 6.36. The van der Waals surface area contributed by atoms with Crippen molar-refractivity contribution < 1.29 is 4.74 Å². The Labute approximate surface area is 104 Å². The van der Waals surface area contributed by atoms with Crippen molar-refractivity contribution in [1.29, 1.82) is 0 Å². The van der Waals surface area contributed by atoms with Gasteiger partial charge in [-0.25, -0.2) is 0 Å². The van der Waals surface area contributed by atoms with Gasteiger partial charge in [0.1, 0.15) is 5.75 Å². The largest absolute Gasteiger partial charge is 0.496 e. The van der Waals surface area contributed by atoms with Crippen LogP contribution in [-0.2, 0) is 13.1 Å². The van der Waals surface area contributed by atoms with E-state index >= 15 is 0 Å². The summed E-state index contributed by atoms with van der Waals surface area (Å²) in [5.74, 6) is 0.996. The summed E-state index contributed by atoms with van der Waals surface area (Å²) in [6.45, 7) is 4.38. The minimum Gasteiger partial charge on any atom is -0.496 e. The summed E-state index contributed by atoms with van der Waals surface area (Å²) in [6, 6.07) is 6.55. The van der Waals surface area contributed by atoms with Gasteiger partial charge < -0.3 is 10.1 Å². The number of ether oxygens (including phenoxy) is 1. The van der Waals surface area contributed by atoms with Crippen molar-refractivity contribution in [2.24, 2.45) is 0 Å². The molecule has 1 saturated heterocycles. The molecular weight excluding hydrogens is 212 g/mol. The lowest BCUT2D eigenvalue weighted by Gasteiger charge is -2.16. The number of benzene rings is 1. The summed E-state index contributed by atoms with van der Waals surface area (Å²) < 4.78 is 5.44. The van der Waals surface area contributed by atoms with E-state index in [1.807, 2.05) is 7.05 Å². The maximum absolute atomic E-state index is 5.44. The highest BCUT2D eigenvalue weighted by Crippen LogP contribution is 2.22. The quantitative estimate of drug-likeness (QED) is 0.843. The van der Waals surface area contributed by atoms with Gasteiger partial charge in [-0.2, -0.15) is 0 Å². The molecule has 2 rings (SSSR count). The molecule has 0 atom stereocenters. The van der Waals surface area contributed by atoms with Crippen LogP contribution in [0.3, 0.4) is 0 Å². The van der Waals surface area contributed by atoms with Crippen LogP contribution in [0.2, 0.25) is 0 Å². The minimum atomic E-state index is 0.854. The van der Waals surface area contributed by atoms with E-state index in [9.17, 15) is 0 Å². The molecule has 0 saturated carbocycles. The van der Waals surface area contributed by atoms with Crippen molar-refractivity contribution in [2.75, 3.05) is 27.2 Å². The first kappa shape index (κ1) is 12.4. The van der Waals surface area contributed by atoms with Gasteiger partial charge in [-0.15, -0.1) is 0 Å². The molecule has 3 nitrogen and oxygen atoms in total. The summed E-state index contributed by atoms with van der Waals surface area (Å²) in [6.07, 6.45) is 2.68. The lowest BCUT2D eigenvalue weighted by Crippen LogP contribution is -2.18. The topological polar surface area (TPSA) is 24.5 Å². The van der Waals surface area contributed by atoms with Crippen LogP contribution in [0.4, 0.5) is 0 Å². The first-order valence-electron chi connectivity index (χ1n) is 6.36. The Morgan fingerprint density at radius 2 is 2.06 bits per heavy atom. The van der Waals surface area contributed by atoms with Crippen molar-refractivity contribution in [3.05, 3.63) is 29.3 Å². The average molecular weight is 234 g/mol. The van der Waals surface area contributed by atoms with Crippen molar-refractivity contribution in [2.45, 2.75) is 25.9 Å². The molecule has 1 heterocycles. The maximum atomic E-state index is 5.44. The molecule has 1 fully saturated rings. The van der Waals surface area contributed by atoms with Crippen LogP contribution in [0.25, 0.3) is 0 Å². The van der Waals surface area contributed by atoms with Crippen molar-refractivity contribution in [1.82, 2.24) is 10.2 Å². The zero-order valence-corrected chi connectivity index (χ0v) is 10.8. The van der Waals surface area contributed by atoms with E-state index in [2.05, 4.69) is 28.4 Å². The van der Waals surface area contributed by atoms with Crippen LogP contribution < -0.4 is 10.1 Å². The van der Waals surface area contributed by atoms with E-state index < -0.39 is 0 Å². The van der Waals surface area contributed by atoms with Crippen molar-refractivity contribution >= 4 is 0 Å². The molecule has 0 bridgehead atoms. The fourth-order valence-electron chi connectivity index (χ4n) is 2.42. The molecule has 0 radical (unpaired) electrons. The Morgan fingerprint density at radius 1 is 1.29 bits per heavy atom. The van der Waals surface area contributed by atoms with E-state index in [-0.39, 0.29) is 0 Å². The van der Waals surface area contributed by atoms with E-state index in [0.29, 0.717) is 0 Å². The molecule has 0 aliphatic carbocycles. The van der Waals surface area contributed by atoms with Gasteiger partial charge in [-0.3, -0.25) is 4.90 Å². The van der Waals surface area contributed by atoms with Gasteiger partial charge in [-0.1, -0.05) is 12.1 Å². The number of nitrogens with zero attached hydrogens (tertiary/aromatic N) is 1. The molecule has 1 aromatic carbocycles. The molecule has 94 valence electrons. The van der Waals surface area contributed by atoms with Crippen LogP contribution in [0, 0.1) is 0 Å². The zero-order chi connectivity index (χ0) is 12.1. The molecule has 1 aliphatic heterocycles. The lowest BCUT2D eigenvalue weighted by atomic mass is 10.1. The highest BCUT2D eigenvalue weighted by molar-refractivity contribution is 5.37. The summed E-state index contributed by atoms with van der Waals surface area (Å²) in [4.78, 5) is 2.51. The van der Waals surface area contributed by atoms with Crippen molar-refractivity contribution in [3.63, 3.8) is 0 Å². The molecule has 3 heteroatoms. The van der Waals surface area contributed by atoms with Gasteiger partial charge in [0.25, 0.3) is 0 Å². The molecule has 0 amide bonds. The number of nitrogens with one attached hydrogen (secondary N) is 1. The smallest absolute Gasteiger partial charge is 0.123 e. The van der Waals surface area contributed by atoms with Gasteiger partial charge in [0, 0.05) is 18.7 Å². The Kier molecular flexibility index (Phi) is 4.40. The summed E-state index contributed by atoms with van der Waals surface area (Å²) in [7, 11) is 3.70. The monoisotopic (exact) mass is 234 g/mol. The fraction of sp³-hybridized carbons (Fsp3) is 0.571. The van der Waals surface area contributed by atoms with Gasteiger partial charge >= 0.3 is 0 Å². The predicted octanol–water partition coefficient (Wildman–Crippen LogP) is 2.01. The normalized spacial score (nSPS) is 16.4. The molecule has 17 heavy (non-hydrogen) atoms. The highest BCUT2D eigenvalue weighted by Gasteiger charge is 2.12. The molecule has 1 aromatic rings. The average Bonchev–Trinajstić information content (AvgIpc) is 2.84. The maximum Gasteiger partial charge on any atom is 0.123 e. The third kappa shape index (κ3) is 3.20. The summed E-state index contributed by atoms with van der Waals surface area (Å²) >= 11 is 0. The molecular formula is C14H22N2O. The predicted molar refractivity (Wildman–Crippen MR) is 70.3 cm³/mol. The Bertz CT molecular complexity index is 359. The third-order valence-electron chi connectivity index (χ3n) is 3.32. The van der Waals surface area contributed by atoms with Crippen LogP contribution in [0.5, 0.6) is 5.75 Å². The molecule has 0 aromatic heterocycles. The summed E-state index contributed by atoms with van der Waals surface area (Å²) in [5.41, 5.74) is 2.57. The van der Waals surface area contributed by atoms with Crippen LogP contribution in [0.15, 0.2) is 18.2 Å². The van der Waals surface area contributed by atoms with Crippen LogP contribution >= 0.6 is 0 Å². The second-order valence-electron chi connectivity index (χ2n) is 4.66. The van der Waals surface area contributed by atoms with Gasteiger partial charge in [-0.05, 0) is 44.6 Å². The number of rotatable bonds is 5. The van der Waals surface area contributed by atoms with Crippen molar-refractivity contribution in [3.8, 4) is 5.75 Å². The second kappa shape index (κ2) is 6.03. The molecule has 1 aliphatic rings. The van der Waals surface area contributed by atoms with Gasteiger partial charge in [0.05, 0.1) is 7.11 Å². The lowest BCUT2D eigenvalue weighted by molar-refractivity contribution is 0.330. The second-order valence-corrected chi connectivity index (χ2v) is 4.66. The SMILES string of the molecule is CNCc1ccc(CN2CCCC2)cc1OC. The minimum absolute atomic E-state index is 0.854. The highest BCUT2D eigenvalue weighted by atomic mass is 16.5. The number of hydrogen-bond donors (Lipinski definition) is 1. The molecule has 1 N–H and O–H groups in total. The molecule has 0 spiro atoms. The summed E-state index contributed by atoms with van der Waals surface area (Å²) in [5, 5.41) is 3.16. The standard InChI is InChI=1S/C14H22N2O/c1-15-10-13-6-5-12(9-14(13)17-2)11-16-7-3-4-8-16/h5-6,9,15H,3-4,7-8,10-11H2,1-2H3. The Hall–Kier alpha value is -1.06. The number of hydrogen-bond acceptors (Lipinski definition) is 3. The molecule has 0 unspecified atom stereocenters. The van der Waals surface area contributed by atoms with E-state index in [1.165, 1.54) is 37.1 Å². The Balaban J connectivity index is 2.07. The van der Waals surface area contributed by atoms with Crippen LogP contribution in [0.1, 0.15) is 24.0 Å².